The minimum Gasteiger partial charge on any atom is -0.489 e. The molecule has 1 aromatic carbocycles. The molecule has 0 saturated heterocycles. The maximum Gasteiger partial charge on any atom is 0.165 e. The monoisotopic (exact) mass is 205 g/mol. The fourth-order valence-corrected chi connectivity index (χ4v) is 0.890. The molecule has 4 heteroatoms. The molecule has 74 valence electrons. The molecule has 0 unspecified atom stereocenters. The van der Waals surface area contributed by atoms with Crippen LogP contribution in [0.3, 0.4) is 0 Å². The summed E-state index contributed by atoms with van der Waals surface area (Å²) in [7, 11) is 0. The highest BCUT2D eigenvalue weighted by Crippen LogP contribution is 2.17. The summed E-state index contributed by atoms with van der Waals surface area (Å²) in [5, 5.41) is 0. The Bertz CT molecular complexity index is 268. The Hall–Kier alpha value is -0.800. The Morgan fingerprint density at radius 3 is 2.77 bits per heavy atom. The van der Waals surface area contributed by atoms with Crippen LogP contribution in [0.1, 0.15) is 5.56 Å². The quantitative estimate of drug-likeness (QED) is 0.818. The lowest BCUT2D eigenvalue weighted by atomic mass is 10.2. The minimum absolute atomic E-state index is 0. The van der Waals surface area contributed by atoms with Crippen LogP contribution >= 0.6 is 12.4 Å². The van der Waals surface area contributed by atoms with Gasteiger partial charge in [0.1, 0.15) is 6.61 Å². The van der Waals surface area contributed by atoms with Crippen LogP contribution < -0.4 is 10.5 Å². The van der Waals surface area contributed by atoms with Gasteiger partial charge in [0.15, 0.2) is 11.6 Å². The van der Waals surface area contributed by atoms with Crippen LogP contribution in [0.15, 0.2) is 18.2 Å². The predicted molar refractivity (Wildman–Crippen MR) is 52.9 cm³/mol. The van der Waals surface area contributed by atoms with Gasteiger partial charge >= 0.3 is 0 Å². The maximum atomic E-state index is 12.9. The first-order valence-electron chi connectivity index (χ1n) is 3.83. The molecule has 13 heavy (non-hydrogen) atoms. The summed E-state index contributed by atoms with van der Waals surface area (Å²) in [4.78, 5) is 0. The van der Waals surface area contributed by atoms with E-state index in [1.807, 2.05) is 6.92 Å². The fraction of sp³-hybridized carbons (Fsp3) is 0.333. The second-order valence-corrected chi connectivity index (χ2v) is 2.57. The number of benzene rings is 1. The first-order valence-corrected chi connectivity index (χ1v) is 3.83. The van der Waals surface area contributed by atoms with Gasteiger partial charge < -0.3 is 10.5 Å². The highest BCUT2D eigenvalue weighted by atomic mass is 35.5. The molecule has 0 aromatic heterocycles. The van der Waals surface area contributed by atoms with Crippen LogP contribution in [0.5, 0.6) is 5.75 Å². The molecule has 0 spiro atoms. The van der Waals surface area contributed by atoms with E-state index in [0.717, 1.165) is 5.56 Å². The lowest BCUT2D eigenvalue weighted by molar-refractivity contribution is 0.311. The van der Waals surface area contributed by atoms with Gasteiger partial charge in [0.25, 0.3) is 0 Å². The van der Waals surface area contributed by atoms with E-state index in [2.05, 4.69) is 0 Å². The van der Waals surface area contributed by atoms with Gasteiger partial charge in [0, 0.05) is 6.54 Å². The van der Waals surface area contributed by atoms with E-state index in [0.29, 0.717) is 13.2 Å². The van der Waals surface area contributed by atoms with Crippen molar-refractivity contribution in [3.05, 3.63) is 29.6 Å². The summed E-state index contributed by atoms with van der Waals surface area (Å²) < 4.78 is 18.0. The topological polar surface area (TPSA) is 35.2 Å². The van der Waals surface area contributed by atoms with Crippen molar-refractivity contribution >= 4 is 12.4 Å². The molecule has 0 aliphatic rings. The second-order valence-electron chi connectivity index (χ2n) is 2.57. The molecule has 0 bridgehead atoms. The molecule has 0 fully saturated rings. The third kappa shape index (κ3) is 3.61. The minimum atomic E-state index is -0.339. The largest absolute Gasteiger partial charge is 0.489 e. The maximum absolute atomic E-state index is 12.9. The Labute approximate surface area is 83.3 Å². The first-order chi connectivity index (χ1) is 5.74. The van der Waals surface area contributed by atoms with Crippen molar-refractivity contribution in [2.24, 2.45) is 5.73 Å². The summed E-state index contributed by atoms with van der Waals surface area (Å²) >= 11 is 0. The van der Waals surface area contributed by atoms with Crippen molar-refractivity contribution in [3.8, 4) is 5.75 Å². The smallest absolute Gasteiger partial charge is 0.165 e. The summed E-state index contributed by atoms with van der Waals surface area (Å²) in [5.41, 5.74) is 6.19. The van der Waals surface area contributed by atoms with E-state index in [-0.39, 0.29) is 24.0 Å². The summed E-state index contributed by atoms with van der Waals surface area (Å²) in [6.45, 7) is 2.63. The van der Waals surface area contributed by atoms with Crippen molar-refractivity contribution in [1.82, 2.24) is 0 Å². The predicted octanol–water partition coefficient (Wildman–Crippen LogP) is 1.89. The number of halogens is 2. The molecule has 0 atom stereocenters. The van der Waals surface area contributed by atoms with E-state index in [9.17, 15) is 4.39 Å². The number of rotatable bonds is 3. The van der Waals surface area contributed by atoms with Crippen molar-refractivity contribution in [2.75, 3.05) is 13.2 Å². The fourth-order valence-electron chi connectivity index (χ4n) is 0.890. The number of hydrogen-bond acceptors (Lipinski definition) is 2. The third-order valence-electron chi connectivity index (χ3n) is 1.46. The van der Waals surface area contributed by atoms with Crippen molar-refractivity contribution in [1.29, 1.82) is 0 Å². The molecule has 0 radical (unpaired) electrons. The van der Waals surface area contributed by atoms with Gasteiger partial charge in [-0.1, -0.05) is 6.07 Å². The van der Waals surface area contributed by atoms with Gasteiger partial charge in [-0.3, -0.25) is 0 Å². The molecule has 2 nitrogen and oxygen atoms in total. The molecule has 0 saturated carbocycles. The van der Waals surface area contributed by atoms with Gasteiger partial charge in [0.2, 0.25) is 0 Å². The number of nitrogens with two attached hydrogens (primary N) is 1. The number of aryl methyl sites for hydroxylation is 1. The molecule has 0 aliphatic carbocycles. The first kappa shape index (κ1) is 12.2. The zero-order chi connectivity index (χ0) is 8.97. The Balaban J connectivity index is 0.00000144. The molecule has 0 heterocycles. The second kappa shape index (κ2) is 5.78. The highest BCUT2D eigenvalue weighted by Gasteiger charge is 2.01. The van der Waals surface area contributed by atoms with Crippen molar-refractivity contribution < 1.29 is 9.13 Å². The average Bonchev–Trinajstić information content (AvgIpc) is 2.07. The number of hydrogen-bond donors (Lipinski definition) is 1. The van der Waals surface area contributed by atoms with Crippen LogP contribution in [0, 0.1) is 12.7 Å². The van der Waals surface area contributed by atoms with E-state index in [1.54, 1.807) is 12.1 Å². The van der Waals surface area contributed by atoms with Crippen LogP contribution in [0.2, 0.25) is 0 Å². The average molecular weight is 206 g/mol. The van der Waals surface area contributed by atoms with Crippen LogP contribution in [0.25, 0.3) is 0 Å². The molecule has 1 rings (SSSR count). The highest BCUT2D eigenvalue weighted by molar-refractivity contribution is 5.85. The molecule has 0 aliphatic heterocycles. The van der Waals surface area contributed by atoms with Gasteiger partial charge in [-0.05, 0) is 24.6 Å². The Morgan fingerprint density at radius 1 is 1.46 bits per heavy atom. The van der Waals surface area contributed by atoms with Gasteiger partial charge in [-0.2, -0.15) is 0 Å². The van der Waals surface area contributed by atoms with Crippen molar-refractivity contribution in [3.63, 3.8) is 0 Å². The Kier molecular flexibility index (Phi) is 5.42. The summed E-state index contributed by atoms with van der Waals surface area (Å²) in [6, 6.07) is 4.75. The third-order valence-corrected chi connectivity index (χ3v) is 1.46. The van der Waals surface area contributed by atoms with Crippen LogP contribution in [-0.2, 0) is 0 Å². The summed E-state index contributed by atoms with van der Waals surface area (Å²) in [5.74, 6) is -0.0606. The number of ether oxygens (including phenoxy) is 1. The van der Waals surface area contributed by atoms with E-state index < -0.39 is 0 Å². The van der Waals surface area contributed by atoms with Gasteiger partial charge in [-0.25, -0.2) is 4.39 Å². The lowest BCUT2D eigenvalue weighted by Gasteiger charge is -2.05. The zero-order valence-electron chi connectivity index (χ0n) is 7.42. The van der Waals surface area contributed by atoms with Crippen LogP contribution in [0.4, 0.5) is 4.39 Å². The van der Waals surface area contributed by atoms with Crippen LogP contribution in [-0.4, -0.2) is 13.2 Å². The Morgan fingerprint density at radius 2 is 2.15 bits per heavy atom. The standard InChI is InChI=1S/C9H12FNO.ClH/c1-7-2-3-8(10)9(6-7)12-5-4-11;/h2-3,6H,4-5,11H2,1H3;1H. The van der Waals surface area contributed by atoms with E-state index >= 15 is 0 Å². The molecule has 0 amide bonds. The van der Waals surface area contributed by atoms with Crippen molar-refractivity contribution in [2.45, 2.75) is 6.92 Å². The molecule has 1 aromatic rings. The lowest BCUT2D eigenvalue weighted by Crippen LogP contribution is -2.11. The molecular formula is C9H13ClFNO. The summed E-state index contributed by atoms with van der Waals surface area (Å²) in [6.07, 6.45) is 0. The SMILES string of the molecule is Cc1ccc(F)c(OCCN)c1.Cl. The molecule has 2 N–H and O–H groups in total. The normalized spacial score (nSPS) is 9.15. The van der Waals surface area contributed by atoms with E-state index in [1.165, 1.54) is 6.07 Å². The van der Waals surface area contributed by atoms with E-state index in [4.69, 9.17) is 10.5 Å². The zero-order valence-corrected chi connectivity index (χ0v) is 8.23. The molecular weight excluding hydrogens is 193 g/mol. The van der Waals surface area contributed by atoms with Gasteiger partial charge in [-0.15, -0.1) is 12.4 Å². The van der Waals surface area contributed by atoms with Gasteiger partial charge in [0.05, 0.1) is 0 Å².